The van der Waals surface area contributed by atoms with Gasteiger partial charge in [-0.05, 0) is 44.6 Å². The minimum Gasteiger partial charge on any atom is -0.381 e. The van der Waals surface area contributed by atoms with Crippen molar-refractivity contribution in [2.24, 2.45) is 11.3 Å². The molecule has 0 radical (unpaired) electrons. The van der Waals surface area contributed by atoms with E-state index in [1.54, 1.807) is 0 Å². The zero-order valence-corrected chi connectivity index (χ0v) is 14.1. The summed E-state index contributed by atoms with van der Waals surface area (Å²) in [6.07, 6.45) is 6.34. The number of aromatic amines is 1. The number of halogens is 1. The van der Waals surface area contributed by atoms with Gasteiger partial charge in [0.1, 0.15) is 10.7 Å². The highest BCUT2D eigenvalue weighted by Crippen LogP contribution is 2.41. The first-order chi connectivity index (χ1) is 11.1. The molecule has 0 bridgehead atoms. The molecule has 1 aliphatic carbocycles. The van der Waals surface area contributed by atoms with E-state index in [2.05, 4.69) is 15.1 Å². The van der Waals surface area contributed by atoms with Crippen LogP contribution in [0.4, 0.5) is 5.82 Å². The first-order valence-electron chi connectivity index (χ1n) is 8.57. The number of hydrogen-bond donors (Lipinski definition) is 2. The van der Waals surface area contributed by atoms with Gasteiger partial charge in [-0.15, -0.1) is 0 Å². The lowest BCUT2D eigenvalue weighted by Crippen LogP contribution is -2.46. The van der Waals surface area contributed by atoms with E-state index in [-0.39, 0.29) is 22.2 Å². The van der Waals surface area contributed by atoms with Gasteiger partial charge in [0.05, 0.1) is 0 Å². The van der Waals surface area contributed by atoms with E-state index in [1.807, 2.05) is 4.90 Å². The first-order valence-corrected chi connectivity index (χ1v) is 8.95. The molecular weight excluding hydrogens is 314 g/mol. The third kappa shape index (κ3) is 2.94. The van der Waals surface area contributed by atoms with Crippen LogP contribution in [0, 0.1) is 11.3 Å². The van der Waals surface area contributed by atoms with Gasteiger partial charge in [0.2, 0.25) is 0 Å². The minimum atomic E-state index is -0.0737. The summed E-state index contributed by atoms with van der Waals surface area (Å²) >= 11 is 6.07. The normalized spacial score (nSPS) is 28.7. The van der Waals surface area contributed by atoms with Crippen LogP contribution in [-0.2, 0) is 0 Å². The van der Waals surface area contributed by atoms with Crippen molar-refractivity contribution in [3.63, 3.8) is 0 Å². The number of likely N-dealkylation sites (tertiary alicyclic amines) is 2. The van der Waals surface area contributed by atoms with Crippen LogP contribution in [0.15, 0.2) is 0 Å². The number of aromatic nitrogens is 2. The van der Waals surface area contributed by atoms with Crippen molar-refractivity contribution in [3.05, 3.63) is 10.7 Å². The molecule has 1 amide bonds. The Bertz CT molecular complexity index is 614. The number of carbonyl (C=O) groups is 1. The number of amides is 1. The number of nitrogens with two attached hydrogens (primary N) is 1. The lowest BCUT2D eigenvalue weighted by molar-refractivity contribution is 0.0677. The largest absolute Gasteiger partial charge is 0.381 e. The summed E-state index contributed by atoms with van der Waals surface area (Å²) in [6, 6.07) is 0. The number of nitrogens with one attached hydrogen (secondary N) is 1. The molecule has 23 heavy (non-hydrogen) atoms. The Labute approximate surface area is 141 Å². The van der Waals surface area contributed by atoms with Gasteiger partial charge >= 0.3 is 0 Å². The highest BCUT2D eigenvalue weighted by atomic mass is 35.5. The number of carbonyl (C=O) groups excluding carboxylic acids is 1. The van der Waals surface area contributed by atoms with Crippen LogP contribution >= 0.6 is 11.6 Å². The fourth-order valence-corrected chi connectivity index (χ4v) is 4.38. The molecule has 126 valence electrons. The molecule has 7 heteroatoms. The molecule has 1 aromatic heterocycles. The van der Waals surface area contributed by atoms with E-state index in [1.165, 1.54) is 38.8 Å². The van der Waals surface area contributed by atoms with Gasteiger partial charge in [0.25, 0.3) is 5.91 Å². The summed E-state index contributed by atoms with van der Waals surface area (Å²) in [4.78, 5) is 17.2. The summed E-state index contributed by atoms with van der Waals surface area (Å²) in [5, 5.41) is 6.75. The van der Waals surface area contributed by atoms with Crippen LogP contribution < -0.4 is 5.73 Å². The molecule has 1 saturated carbocycles. The van der Waals surface area contributed by atoms with Gasteiger partial charge in [-0.1, -0.05) is 11.6 Å². The molecule has 6 nitrogen and oxygen atoms in total. The molecule has 3 fully saturated rings. The molecule has 4 rings (SSSR count). The van der Waals surface area contributed by atoms with Gasteiger partial charge in [0.15, 0.2) is 5.82 Å². The van der Waals surface area contributed by atoms with Crippen LogP contribution in [0.25, 0.3) is 0 Å². The maximum atomic E-state index is 12.7. The molecule has 1 atom stereocenters. The number of rotatable bonds is 3. The topological polar surface area (TPSA) is 78.2 Å². The van der Waals surface area contributed by atoms with Crippen molar-refractivity contribution < 1.29 is 4.79 Å². The molecule has 2 saturated heterocycles. The van der Waals surface area contributed by atoms with E-state index in [0.717, 1.165) is 32.0 Å². The van der Waals surface area contributed by atoms with E-state index in [4.69, 9.17) is 17.3 Å². The molecular formula is C16H24ClN5O. The second kappa shape index (κ2) is 5.67. The van der Waals surface area contributed by atoms with Crippen molar-refractivity contribution in [2.45, 2.75) is 32.1 Å². The Kier molecular flexibility index (Phi) is 3.76. The zero-order chi connectivity index (χ0) is 16.0. The fourth-order valence-electron chi connectivity index (χ4n) is 4.22. The van der Waals surface area contributed by atoms with Crippen LogP contribution in [0.5, 0.6) is 0 Å². The Morgan fingerprint density at radius 1 is 1.35 bits per heavy atom. The van der Waals surface area contributed by atoms with Crippen LogP contribution in [0.3, 0.4) is 0 Å². The van der Waals surface area contributed by atoms with Crippen LogP contribution in [0.1, 0.15) is 42.6 Å². The standard InChI is InChI=1S/C16H24ClN5O/c17-12-13(19-20-14(12)18)15(23)22-7-5-16(10-22)4-1-6-21(9-16)8-11-2-3-11/h11H,1-10H2,(H3,18,19,20)/t16-/m0/s1. The summed E-state index contributed by atoms with van der Waals surface area (Å²) in [7, 11) is 0. The van der Waals surface area contributed by atoms with Gasteiger partial charge < -0.3 is 15.5 Å². The predicted molar refractivity (Wildman–Crippen MR) is 89.4 cm³/mol. The molecule has 1 spiro atoms. The lowest BCUT2D eigenvalue weighted by Gasteiger charge is -2.40. The third-order valence-corrected chi connectivity index (χ3v) is 6.01. The number of piperidine rings is 1. The SMILES string of the molecule is Nc1n[nH]c(C(=O)N2CC[C@]3(CCCN(CC4CC4)C3)C2)c1Cl. The van der Waals surface area contributed by atoms with Crippen LogP contribution in [-0.4, -0.2) is 58.6 Å². The van der Waals surface area contributed by atoms with Crippen molar-refractivity contribution in [1.82, 2.24) is 20.0 Å². The number of hydrogen-bond acceptors (Lipinski definition) is 4. The zero-order valence-electron chi connectivity index (χ0n) is 13.4. The molecule has 3 N–H and O–H groups in total. The highest BCUT2D eigenvalue weighted by Gasteiger charge is 2.44. The highest BCUT2D eigenvalue weighted by molar-refractivity contribution is 6.35. The molecule has 3 heterocycles. The number of nitrogens with zero attached hydrogens (tertiary/aromatic N) is 3. The average molecular weight is 338 g/mol. The Morgan fingerprint density at radius 3 is 2.87 bits per heavy atom. The van der Waals surface area contributed by atoms with E-state index in [0.29, 0.717) is 5.69 Å². The van der Waals surface area contributed by atoms with Crippen molar-refractivity contribution in [3.8, 4) is 0 Å². The predicted octanol–water partition coefficient (Wildman–Crippen LogP) is 1.98. The van der Waals surface area contributed by atoms with Crippen LogP contribution in [0.2, 0.25) is 5.02 Å². The van der Waals surface area contributed by atoms with Gasteiger partial charge in [0, 0.05) is 31.6 Å². The molecule has 0 aromatic carbocycles. The number of nitrogen functional groups attached to an aromatic ring is 1. The maximum Gasteiger partial charge on any atom is 0.273 e. The Morgan fingerprint density at radius 2 is 2.17 bits per heavy atom. The van der Waals surface area contributed by atoms with E-state index >= 15 is 0 Å². The van der Waals surface area contributed by atoms with Crippen molar-refractivity contribution in [2.75, 3.05) is 38.5 Å². The van der Waals surface area contributed by atoms with E-state index < -0.39 is 0 Å². The summed E-state index contributed by atoms with van der Waals surface area (Å²) in [6.45, 7) is 5.22. The van der Waals surface area contributed by atoms with Gasteiger partial charge in [-0.3, -0.25) is 9.89 Å². The number of anilines is 1. The quantitative estimate of drug-likeness (QED) is 0.884. The van der Waals surface area contributed by atoms with E-state index in [9.17, 15) is 4.79 Å². The summed E-state index contributed by atoms with van der Waals surface area (Å²) in [5.41, 5.74) is 6.22. The van der Waals surface area contributed by atoms with Gasteiger partial charge in [-0.2, -0.15) is 5.10 Å². The Balaban J connectivity index is 1.43. The second-order valence-electron chi connectivity index (χ2n) is 7.56. The monoisotopic (exact) mass is 337 g/mol. The average Bonchev–Trinajstić information content (AvgIpc) is 3.17. The van der Waals surface area contributed by atoms with Gasteiger partial charge in [-0.25, -0.2) is 0 Å². The molecule has 3 aliphatic rings. The second-order valence-corrected chi connectivity index (χ2v) is 7.93. The molecule has 0 unspecified atom stereocenters. The minimum absolute atomic E-state index is 0.0737. The molecule has 2 aliphatic heterocycles. The third-order valence-electron chi connectivity index (χ3n) is 5.63. The summed E-state index contributed by atoms with van der Waals surface area (Å²) < 4.78 is 0. The number of H-pyrrole nitrogens is 1. The maximum absolute atomic E-state index is 12.7. The van der Waals surface area contributed by atoms with Crippen molar-refractivity contribution >= 4 is 23.3 Å². The Hall–Kier alpha value is -1.27. The molecule has 1 aromatic rings. The smallest absolute Gasteiger partial charge is 0.273 e. The summed E-state index contributed by atoms with van der Waals surface area (Å²) in [5.74, 6) is 1.05. The van der Waals surface area contributed by atoms with Crippen molar-refractivity contribution in [1.29, 1.82) is 0 Å². The fraction of sp³-hybridized carbons (Fsp3) is 0.750. The first kappa shape index (κ1) is 15.3. The lowest BCUT2D eigenvalue weighted by atomic mass is 9.79.